The molecule has 1 aromatic carbocycles. The average Bonchev–Trinajstić information content (AvgIpc) is 2.05. The van der Waals surface area contributed by atoms with Gasteiger partial charge in [0.25, 0.3) is 0 Å². The molecule has 0 spiro atoms. The van der Waals surface area contributed by atoms with Gasteiger partial charge in [0.1, 0.15) is 5.75 Å². The largest absolute Gasteiger partial charge is 0.435 e. The first kappa shape index (κ1) is 11.7. The molecule has 83 valence electrons. The third-order valence-electron chi connectivity index (χ3n) is 1.60. The number of hydrogen-bond acceptors (Lipinski definition) is 1. The molecule has 1 nitrogen and oxygen atoms in total. The van der Waals surface area contributed by atoms with Gasteiger partial charge < -0.3 is 4.74 Å². The van der Waals surface area contributed by atoms with E-state index in [-0.39, 0.29) is 11.3 Å². The van der Waals surface area contributed by atoms with E-state index in [2.05, 4.69) is 11.7 Å². The van der Waals surface area contributed by atoms with Gasteiger partial charge in [0.15, 0.2) is 0 Å². The third-order valence-corrected chi connectivity index (χ3v) is 1.60. The number of alkyl halides is 5. The second-order valence-corrected chi connectivity index (χ2v) is 2.70. The van der Waals surface area contributed by atoms with Gasteiger partial charge in [0, 0.05) is 0 Å². The van der Waals surface area contributed by atoms with Crippen LogP contribution < -0.4 is 4.74 Å². The molecule has 0 atom stereocenters. The van der Waals surface area contributed by atoms with Crippen LogP contribution in [-0.4, -0.2) is 6.61 Å². The van der Waals surface area contributed by atoms with Gasteiger partial charge in [-0.15, -0.1) is 0 Å². The fraction of sp³-hybridized carbons (Fsp3) is 0.222. The maximum atomic E-state index is 12.1. The molecule has 15 heavy (non-hydrogen) atoms. The smallest absolute Gasteiger partial charge is 0.416 e. The lowest BCUT2D eigenvalue weighted by molar-refractivity contribution is -0.137. The van der Waals surface area contributed by atoms with Crippen LogP contribution in [0, 0.1) is 6.92 Å². The molecule has 0 unspecified atom stereocenters. The summed E-state index contributed by atoms with van der Waals surface area (Å²) in [5, 5.41) is 0. The Morgan fingerprint density at radius 1 is 1.20 bits per heavy atom. The zero-order valence-corrected chi connectivity index (χ0v) is 7.31. The molecule has 0 saturated carbocycles. The maximum Gasteiger partial charge on any atom is 0.416 e. The van der Waals surface area contributed by atoms with Crippen molar-refractivity contribution in [2.75, 3.05) is 0 Å². The summed E-state index contributed by atoms with van der Waals surface area (Å²) in [6.45, 7) is 0.108. The van der Waals surface area contributed by atoms with Crippen LogP contribution in [0.1, 0.15) is 11.1 Å². The van der Waals surface area contributed by atoms with E-state index < -0.39 is 18.4 Å². The van der Waals surface area contributed by atoms with Crippen molar-refractivity contribution >= 4 is 0 Å². The van der Waals surface area contributed by atoms with E-state index in [1.54, 1.807) is 0 Å². The minimum absolute atomic E-state index is 0.231. The SMILES string of the molecule is [CH2]c1cc(C(F)(F)F)ccc1OC(F)F. The van der Waals surface area contributed by atoms with Crippen LogP contribution >= 0.6 is 0 Å². The second kappa shape index (κ2) is 4.04. The van der Waals surface area contributed by atoms with Crippen molar-refractivity contribution in [3.05, 3.63) is 36.2 Å². The Kier molecular flexibility index (Phi) is 3.16. The Labute approximate surface area is 82.5 Å². The first-order valence-corrected chi connectivity index (χ1v) is 3.78. The third kappa shape index (κ3) is 3.07. The molecule has 1 radical (unpaired) electrons. The minimum Gasteiger partial charge on any atom is -0.435 e. The van der Waals surface area contributed by atoms with Crippen molar-refractivity contribution in [3.8, 4) is 5.75 Å². The van der Waals surface area contributed by atoms with E-state index in [1.807, 2.05) is 0 Å². The van der Waals surface area contributed by atoms with E-state index >= 15 is 0 Å². The molecule has 0 heterocycles. The summed E-state index contributed by atoms with van der Waals surface area (Å²) in [7, 11) is 0. The monoisotopic (exact) mass is 225 g/mol. The Bertz CT molecular complexity index is 345. The number of hydrogen-bond donors (Lipinski definition) is 0. The van der Waals surface area contributed by atoms with Crippen LogP contribution in [-0.2, 0) is 6.18 Å². The molecule has 0 amide bonds. The summed E-state index contributed by atoms with van der Waals surface area (Å²) in [5.74, 6) is -0.363. The maximum absolute atomic E-state index is 12.1. The van der Waals surface area contributed by atoms with Gasteiger partial charge in [0.05, 0.1) is 5.56 Å². The highest BCUT2D eigenvalue weighted by atomic mass is 19.4. The van der Waals surface area contributed by atoms with Crippen LogP contribution in [0.5, 0.6) is 5.75 Å². The summed E-state index contributed by atoms with van der Waals surface area (Å²) in [6.07, 6.45) is -4.52. The number of rotatable bonds is 2. The van der Waals surface area contributed by atoms with Gasteiger partial charge in [-0.2, -0.15) is 22.0 Å². The number of ether oxygens (including phenoxy) is 1. The van der Waals surface area contributed by atoms with E-state index in [0.29, 0.717) is 12.1 Å². The van der Waals surface area contributed by atoms with Crippen molar-refractivity contribution < 1.29 is 26.7 Å². The quantitative estimate of drug-likeness (QED) is 0.700. The van der Waals surface area contributed by atoms with E-state index in [0.717, 1.165) is 6.07 Å². The van der Waals surface area contributed by atoms with Crippen molar-refractivity contribution in [1.82, 2.24) is 0 Å². The van der Waals surface area contributed by atoms with Crippen LogP contribution in [0.15, 0.2) is 18.2 Å². The summed E-state index contributed by atoms with van der Waals surface area (Å²) < 4.78 is 63.9. The van der Waals surface area contributed by atoms with Gasteiger partial charge in [-0.25, -0.2) is 0 Å². The molecule has 0 aliphatic rings. The van der Waals surface area contributed by atoms with Crippen LogP contribution in [0.25, 0.3) is 0 Å². The van der Waals surface area contributed by atoms with E-state index in [1.165, 1.54) is 0 Å². The molecule has 0 saturated heterocycles. The normalized spacial score (nSPS) is 11.9. The lowest BCUT2D eigenvalue weighted by atomic mass is 10.1. The van der Waals surface area contributed by atoms with Crippen LogP contribution in [0.3, 0.4) is 0 Å². The number of benzene rings is 1. The molecule has 0 bridgehead atoms. The first-order chi connectivity index (χ1) is 6.80. The molecular weight excluding hydrogens is 219 g/mol. The van der Waals surface area contributed by atoms with Gasteiger partial charge in [-0.05, 0) is 30.7 Å². The minimum atomic E-state index is -4.52. The van der Waals surface area contributed by atoms with E-state index in [9.17, 15) is 22.0 Å². The van der Waals surface area contributed by atoms with Crippen molar-refractivity contribution in [1.29, 1.82) is 0 Å². The average molecular weight is 225 g/mol. The molecule has 6 heteroatoms. The second-order valence-electron chi connectivity index (χ2n) is 2.70. The topological polar surface area (TPSA) is 9.23 Å². The molecule has 1 rings (SSSR count). The zero-order chi connectivity index (χ0) is 11.6. The zero-order valence-electron chi connectivity index (χ0n) is 7.31. The van der Waals surface area contributed by atoms with Crippen molar-refractivity contribution in [2.24, 2.45) is 0 Å². The molecule has 0 aliphatic carbocycles. The first-order valence-electron chi connectivity index (χ1n) is 3.78. The summed E-state index contributed by atoms with van der Waals surface area (Å²) in [4.78, 5) is 0. The van der Waals surface area contributed by atoms with Gasteiger partial charge >= 0.3 is 12.8 Å². The Morgan fingerprint density at radius 2 is 1.80 bits per heavy atom. The predicted octanol–water partition coefficient (Wildman–Crippen LogP) is 3.49. The highest BCUT2D eigenvalue weighted by Gasteiger charge is 2.30. The predicted molar refractivity (Wildman–Crippen MR) is 42.5 cm³/mol. The van der Waals surface area contributed by atoms with Gasteiger partial charge in [0.2, 0.25) is 0 Å². The van der Waals surface area contributed by atoms with Gasteiger partial charge in [-0.3, -0.25) is 0 Å². The lowest BCUT2D eigenvalue weighted by Gasteiger charge is -2.11. The lowest BCUT2D eigenvalue weighted by Crippen LogP contribution is -2.07. The summed E-state index contributed by atoms with van der Waals surface area (Å²) in [5.41, 5.74) is -1.18. The Hall–Kier alpha value is -1.33. The van der Waals surface area contributed by atoms with Crippen molar-refractivity contribution in [2.45, 2.75) is 12.8 Å². The Morgan fingerprint density at radius 3 is 2.20 bits per heavy atom. The molecule has 0 fully saturated rings. The fourth-order valence-electron chi connectivity index (χ4n) is 0.967. The Balaban J connectivity index is 2.98. The fourth-order valence-corrected chi connectivity index (χ4v) is 0.967. The molecular formula is C9H6F5O. The standard InChI is InChI=1S/C9H6F5O/c1-5-4-6(9(12,13)14)2-3-7(5)15-8(10)11/h2-4,8H,1H2. The highest BCUT2D eigenvalue weighted by Crippen LogP contribution is 2.32. The van der Waals surface area contributed by atoms with Gasteiger partial charge in [-0.1, -0.05) is 0 Å². The van der Waals surface area contributed by atoms with Crippen molar-refractivity contribution in [3.63, 3.8) is 0 Å². The van der Waals surface area contributed by atoms with E-state index in [4.69, 9.17) is 0 Å². The highest BCUT2D eigenvalue weighted by molar-refractivity contribution is 5.40. The van der Waals surface area contributed by atoms with Crippen LogP contribution in [0.4, 0.5) is 22.0 Å². The molecule has 0 aliphatic heterocycles. The molecule has 0 N–H and O–H groups in total. The van der Waals surface area contributed by atoms with Crippen LogP contribution in [0.2, 0.25) is 0 Å². The summed E-state index contributed by atoms with van der Waals surface area (Å²) >= 11 is 0. The number of halogens is 5. The molecule has 0 aromatic heterocycles. The molecule has 1 aromatic rings. The summed E-state index contributed by atoms with van der Waals surface area (Å²) in [6, 6.07) is 2.13.